The number of aromatic nitrogens is 3. The van der Waals surface area contributed by atoms with Crippen molar-refractivity contribution < 1.29 is 9.90 Å². The maximum atomic E-state index is 11.1. The van der Waals surface area contributed by atoms with Crippen LogP contribution in [0.1, 0.15) is 23.8 Å². The number of carboxylic acids is 1. The first kappa shape index (κ1) is 13.4. The first-order valence-electron chi connectivity index (χ1n) is 5.82. The molecule has 6 nitrogen and oxygen atoms in total. The van der Waals surface area contributed by atoms with Gasteiger partial charge >= 0.3 is 5.97 Å². The van der Waals surface area contributed by atoms with E-state index in [9.17, 15) is 4.79 Å². The van der Waals surface area contributed by atoms with Gasteiger partial charge in [-0.25, -0.2) is 4.79 Å². The van der Waals surface area contributed by atoms with Crippen molar-refractivity contribution in [2.45, 2.75) is 13.3 Å². The van der Waals surface area contributed by atoms with E-state index in [1.165, 1.54) is 4.80 Å². The minimum atomic E-state index is -1.11. The minimum Gasteiger partial charge on any atom is -0.476 e. The molecule has 0 spiro atoms. The molecular formula is C12H13ClN4O2. The van der Waals surface area contributed by atoms with Crippen LogP contribution in [0.15, 0.2) is 24.3 Å². The highest BCUT2D eigenvalue weighted by Gasteiger charge is 2.17. The molecule has 0 radical (unpaired) electrons. The van der Waals surface area contributed by atoms with Crippen LogP contribution >= 0.6 is 11.6 Å². The van der Waals surface area contributed by atoms with E-state index in [0.717, 1.165) is 6.42 Å². The fourth-order valence-electron chi connectivity index (χ4n) is 1.50. The molecule has 0 aliphatic heterocycles. The summed E-state index contributed by atoms with van der Waals surface area (Å²) in [5.41, 5.74) is 0.555. The predicted octanol–water partition coefficient (Wildman–Crippen LogP) is 2.44. The van der Waals surface area contributed by atoms with E-state index in [0.29, 0.717) is 17.3 Å². The van der Waals surface area contributed by atoms with Gasteiger partial charge in [0.15, 0.2) is 5.82 Å². The monoisotopic (exact) mass is 280 g/mol. The first-order valence-corrected chi connectivity index (χ1v) is 6.20. The average Bonchev–Trinajstić information content (AvgIpc) is 2.81. The molecule has 0 aliphatic carbocycles. The number of carboxylic acid groups (broad SMARTS) is 1. The van der Waals surface area contributed by atoms with E-state index >= 15 is 0 Å². The van der Waals surface area contributed by atoms with Crippen LogP contribution in [0.3, 0.4) is 0 Å². The molecule has 0 amide bonds. The number of nitrogens with one attached hydrogen (secondary N) is 1. The van der Waals surface area contributed by atoms with E-state index in [2.05, 4.69) is 15.5 Å². The summed E-state index contributed by atoms with van der Waals surface area (Å²) in [5, 5.41) is 20.7. The molecule has 1 heterocycles. The molecule has 0 atom stereocenters. The van der Waals surface area contributed by atoms with Gasteiger partial charge in [0, 0.05) is 11.6 Å². The second-order valence-electron chi connectivity index (χ2n) is 3.90. The lowest BCUT2D eigenvalue weighted by Crippen LogP contribution is -2.06. The molecule has 100 valence electrons. The smallest absolute Gasteiger partial charge is 0.360 e. The van der Waals surface area contributed by atoms with Crippen molar-refractivity contribution in [1.82, 2.24) is 15.0 Å². The molecule has 0 aliphatic rings. The molecule has 7 heteroatoms. The molecule has 0 fully saturated rings. The van der Waals surface area contributed by atoms with Crippen molar-refractivity contribution in [3.8, 4) is 5.69 Å². The molecule has 0 bridgehead atoms. The van der Waals surface area contributed by atoms with Crippen molar-refractivity contribution >= 4 is 23.4 Å². The normalized spacial score (nSPS) is 10.4. The molecule has 0 unspecified atom stereocenters. The second-order valence-corrected chi connectivity index (χ2v) is 4.33. The van der Waals surface area contributed by atoms with Gasteiger partial charge in [0.25, 0.3) is 0 Å². The van der Waals surface area contributed by atoms with Crippen LogP contribution in [0.5, 0.6) is 0 Å². The molecule has 2 N–H and O–H groups in total. The summed E-state index contributed by atoms with van der Waals surface area (Å²) in [6, 6.07) is 6.83. The fraction of sp³-hybridized carbons (Fsp3) is 0.250. The predicted molar refractivity (Wildman–Crippen MR) is 72.1 cm³/mol. The van der Waals surface area contributed by atoms with Crippen LogP contribution in [0.4, 0.5) is 5.82 Å². The van der Waals surface area contributed by atoms with Gasteiger partial charge < -0.3 is 10.4 Å². The summed E-state index contributed by atoms with van der Waals surface area (Å²) in [5.74, 6) is -0.844. The molecular weight excluding hydrogens is 268 g/mol. The first-order chi connectivity index (χ1) is 9.11. The molecule has 2 rings (SSSR count). The van der Waals surface area contributed by atoms with Crippen molar-refractivity contribution in [2.24, 2.45) is 0 Å². The largest absolute Gasteiger partial charge is 0.476 e. The summed E-state index contributed by atoms with van der Waals surface area (Å²) in [6.07, 6.45) is 0.868. The number of anilines is 1. The highest BCUT2D eigenvalue weighted by Crippen LogP contribution is 2.15. The van der Waals surface area contributed by atoms with E-state index in [1.807, 2.05) is 6.92 Å². The topological polar surface area (TPSA) is 80.0 Å². The van der Waals surface area contributed by atoms with E-state index in [-0.39, 0.29) is 11.5 Å². The average molecular weight is 281 g/mol. The van der Waals surface area contributed by atoms with Gasteiger partial charge in [-0.1, -0.05) is 18.5 Å². The molecule has 0 saturated carbocycles. The summed E-state index contributed by atoms with van der Waals surface area (Å²) >= 11 is 5.80. The summed E-state index contributed by atoms with van der Waals surface area (Å²) in [7, 11) is 0. The van der Waals surface area contributed by atoms with Crippen LogP contribution in [-0.2, 0) is 0 Å². The lowest BCUT2D eigenvalue weighted by atomic mass is 10.3. The second kappa shape index (κ2) is 5.71. The van der Waals surface area contributed by atoms with Crippen LogP contribution < -0.4 is 5.32 Å². The van der Waals surface area contributed by atoms with Crippen molar-refractivity contribution in [3.05, 3.63) is 35.0 Å². The van der Waals surface area contributed by atoms with Gasteiger partial charge in [-0.15, -0.1) is 15.0 Å². The minimum absolute atomic E-state index is 0.0941. The Morgan fingerprint density at radius 2 is 2.05 bits per heavy atom. The van der Waals surface area contributed by atoms with Crippen LogP contribution in [0.25, 0.3) is 5.69 Å². The maximum Gasteiger partial charge on any atom is 0.360 e. The molecule has 1 aromatic carbocycles. The number of carbonyl (C=O) groups is 1. The fourth-order valence-corrected chi connectivity index (χ4v) is 1.63. The number of rotatable bonds is 5. The van der Waals surface area contributed by atoms with Gasteiger partial charge in [-0.3, -0.25) is 0 Å². The summed E-state index contributed by atoms with van der Waals surface area (Å²) < 4.78 is 0. The third-order valence-corrected chi connectivity index (χ3v) is 2.67. The number of benzene rings is 1. The zero-order valence-electron chi connectivity index (χ0n) is 10.3. The maximum absolute atomic E-state index is 11.1. The van der Waals surface area contributed by atoms with E-state index < -0.39 is 5.97 Å². The van der Waals surface area contributed by atoms with Crippen LogP contribution in [0, 0.1) is 0 Å². The Labute approximate surface area is 115 Å². The number of nitrogens with zero attached hydrogens (tertiary/aromatic N) is 3. The highest BCUT2D eigenvalue weighted by molar-refractivity contribution is 6.30. The standard InChI is InChI=1S/C12H13ClN4O2/c1-2-7-14-11-10(12(18)19)15-17(16-11)9-5-3-8(13)4-6-9/h3-6H,2,7H2,1H3,(H,14,16)(H,18,19). The molecule has 2 aromatic rings. The SMILES string of the molecule is CCCNc1nn(-c2ccc(Cl)cc2)nc1C(=O)O. The molecule has 19 heavy (non-hydrogen) atoms. The Morgan fingerprint density at radius 3 is 2.63 bits per heavy atom. The van der Waals surface area contributed by atoms with Gasteiger partial charge in [0.1, 0.15) is 0 Å². The van der Waals surface area contributed by atoms with E-state index in [4.69, 9.17) is 16.7 Å². The zero-order chi connectivity index (χ0) is 13.8. The summed E-state index contributed by atoms with van der Waals surface area (Å²) in [6.45, 7) is 2.62. The van der Waals surface area contributed by atoms with Crippen molar-refractivity contribution in [2.75, 3.05) is 11.9 Å². The van der Waals surface area contributed by atoms with Gasteiger partial charge in [-0.05, 0) is 30.7 Å². The number of hydrogen-bond acceptors (Lipinski definition) is 4. The number of halogens is 1. The highest BCUT2D eigenvalue weighted by atomic mass is 35.5. The zero-order valence-corrected chi connectivity index (χ0v) is 11.1. The molecule has 0 saturated heterocycles. The van der Waals surface area contributed by atoms with Gasteiger partial charge in [0.2, 0.25) is 5.69 Å². The Bertz CT molecular complexity index is 580. The Morgan fingerprint density at radius 1 is 1.37 bits per heavy atom. The third kappa shape index (κ3) is 3.03. The number of hydrogen-bond donors (Lipinski definition) is 2. The Hall–Kier alpha value is -2.08. The van der Waals surface area contributed by atoms with E-state index in [1.54, 1.807) is 24.3 Å². The Kier molecular flexibility index (Phi) is 4.01. The third-order valence-electron chi connectivity index (χ3n) is 2.42. The number of aromatic carboxylic acids is 1. The van der Waals surface area contributed by atoms with Crippen LogP contribution in [-0.4, -0.2) is 32.6 Å². The van der Waals surface area contributed by atoms with Crippen LogP contribution in [0.2, 0.25) is 5.02 Å². The van der Waals surface area contributed by atoms with Gasteiger partial charge in [0.05, 0.1) is 5.69 Å². The van der Waals surface area contributed by atoms with Crippen molar-refractivity contribution in [1.29, 1.82) is 0 Å². The van der Waals surface area contributed by atoms with Crippen molar-refractivity contribution in [3.63, 3.8) is 0 Å². The summed E-state index contributed by atoms with van der Waals surface area (Å²) in [4.78, 5) is 12.4. The lowest BCUT2D eigenvalue weighted by molar-refractivity contribution is 0.0691. The Balaban J connectivity index is 2.36. The van der Waals surface area contributed by atoms with Gasteiger partial charge in [-0.2, -0.15) is 0 Å². The quantitative estimate of drug-likeness (QED) is 0.879. The molecule has 1 aromatic heterocycles. The lowest BCUT2D eigenvalue weighted by Gasteiger charge is -2.00.